The lowest BCUT2D eigenvalue weighted by atomic mass is 9.90. The number of fused-ring (bicyclic) bond motifs is 1. The van der Waals surface area contributed by atoms with Crippen molar-refractivity contribution in [2.24, 2.45) is 5.92 Å². The van der Waals surface area contributed by atoms with Crippen LogP contribution in [0.3, 0.4) is 0 Å². The second-order valence-electron chi connectivity index (χ2n) is 10.0. The lowest BCUT2D eigenvalue weighted by Crippen LogP contribution is -2.48. The van der Waals surface area contributed by atoms with E-state index in [0.717, 1.165) is 43.2 Å². The molecule has 0 unspecified atom stereocenters. The van der Waals surface area contributed by atoms with Gasteiger partial charge in [-0.2, -0.15) is 0 Å². The smallest absolute Gasteiger partial charge is 0.259 e. The Bertz CT molecular complexity index is 1160. The van der Waals surface area contributed by atoms with Crippen LogP contribution in [0.15, 0.2) is 84.9 Å². The SMILES string of the molecule is O=C(NCCCN1CCC(Cc2ccccc2)CC1)[C@@H]1Cc2ccccc2N1C(=O)c1ccccc1. The van der Waals surface area contributed by atoms with Gasteiger partial charge < -0.3 is 10.2 Å². The van der Waals surface area contributed by atoms with Gasteiger partial charge in [-0.25, -0.2) is 0 Å². The molecule has 1 saturated heterocycles. The van der Waals surface area contributed by atoms with Gasteiger partial charge in [-0.05, 0) is 80.6 Å². The Morgan fingerprint density at radius 2 is 1.50 bits per heavy atom. The van der Waals surface area contributed by atoms with Crippen LogP contribution in [-0.2, 0) is 17.6 Å². The molecular weight excluding hydrogens is 446 g/mol. The van der Waals surface area contributed by atoms with Gasteiger partial charge in [0.05, 0.1) is 0 Å². The van der Waals surface area contributed by atoms with Crippen molar-refractivity contribution >= 4 is 17.5 Å². The molecule has 0 aliphatic carbocycles. The number of likely N-dealkylation sites (tertiary alicyclic amines) is 1. The third-order valence-electron chi connectivity index (χ3n) is 7.54. The molecule has 2 aliphatic heterocycles. The van der Waals surface area contributed by atoms with E-state index in [-0.39, 0.29) is 11.8 Å². The maximum absolute atomic E-state index is 13.3. The van der Waals surface area contributed by atoms with Gasteiger partial charge in [0.1, 0.15) is 6.04 Å². The largest absolute Gasteiger partial charge is 0.354 e. The molecule has 0 bridgehead atoms. The molecule has 36 heavy (non-hydrogen) atoms. The fraction of sp³-hybridized carbons (Fsp3) is 0.355. The van der Waals surface area contributed by atoms with E-state index in [1.165, 1.54) is 24.8 Å². The molecule has 2 aliphatic rings. The molecule has 1 N–H and O–H groups in total. The first kappa shape index (κ1) is 24.3. The van der Waals surface area contributed by atoms with Crippen LogP contribution in [0.1, 0.15) is 40.7 Å². The van der Waals surface area contributed by atoms with Gasteiger partial charge in [-0.15, -0.1) is 0 Å². The van der Waals surface area contributed by atoms with Crippen molar-refractivity contribution in [2.45, 2.75) is 38.1 Å². The molecule has 5 heteroatoms. The Morgan fingerprint density at radius 1 is 0.833 bits per heavy atom. The molecular formula is C31H35N3O2. The third-order valence-corrected chi connectivity index (χ3v) is 7.54. The monoisotopic (exact) mass is 481 g/mol. The number of hydrogen-bond acceptors (Lipinski definition) is 3. The van der Waals surface area contributed by atoms with Crippen molar-refractivity contribution < 1.29 is 9.59 Å². The second-order valence-corrected chi connectivity index (χ2v) is 10.0. The molecule has 0 spiro atoms. The number of para-hydroxylation sites is 1. The van der Waals surface area contributed by atoms with Crippen molar-refractivity contribution in [3.05, 3.63) is 102 Å². The number of anilines is 1. The predicted molar refractivity (Wildman–Crippen MR) is 144 cm³/mol. The zero-order chi connectivity index (χ0) is 24.7. The fourth-order valence-electron chi connectivity index (χ4n) is 5.56. The summed E-state index contributed by atoms with van der Waals surface area (Å²) < 4.78 is 0. The maximum atomic E-state index is 13.3. The highest BCUT2D eigenvalue weighted by molar-refractivity contribution is 6.11. The van der Waals surface area contributed by atoms with E-state index in [9.17, 15) is 9.59 Å². The van der Waals surface area contributed by atoms with E-state index in [1.54, 1.807) is 17.0 Å². The number of rotatable bonds is 8. The molecule has 3 aromatic carbocycles. The lowest BCUT2D eigenvalue weighted by Gasteiger charge is -2.32. The normalized spacial score (nSPS) is 18.1. The number of nitrogens with one attached hydrogen (secondary N) is 1. The van der Waals surface area contributed by atoms with Crippen molar-refractivity contribution in [1.29, 1.82) is 0 Å². The summed E-state index contributed by atoms with van der Waals surface area (Å²) in [6, 6.07) is 27.3. The van der Waals surface area contributed by atoms with Crippen LogP contribution in [0.5, 0.6) is 0 Å². The number of piperidine rings is 1. The highest BCUT2D eigenvalue weighted by Crippen LogP contribution is 2.33. The summed E-state index contributed by atoms with van der Waals surface area (Å²) in [4.78, 5) is 30.7. The lowest BCUT2D eigenvalue weighted by molar-refractivity contribution is -0.122. The van der Waals surface area contributed by atoms with Gasteiger partial charge in [-0.3, -0.25) is 14.5 Å². The molecule has 0 saturated carbocycles. The van der Waals surface area contributed by atoms with E-state index in [2.05, 4.69) is 40.5 Å². The summed E-state index contributed by atoms with van der Waals surface area (Å²) in [5.41, 5.74) is 3.92. The van der Waals surface area contributed by atoms with Crippen LogP contribution in [0, 0.1) is 5.92 Å². The minimum atomic E-state index is -0.510. The molecule has 0 aromatic heterocycles. The predicted octanol–water partition coefficient (Wildman–Crippen LogP) is 4.72. The highest BCUT2D eigenvalue weighted by atomic mass is 16.2. The first-order valence-electron chi connectivity index (χ1n) is 13.2. The number of carbonyl (C=O) groups excluding carboxylic acids is 2. The average Bonchev–Trinajstić information content (AvgIpc) is 3.32. The highest BCUT2D eigenvalue weighted by Gasteiger charge is 2.38. The van der Waals surface area contributed by atoms with Crippen molar-refractivity contribution in [2.75, 3.05) is 31.1 Å². The molecule has 3 aromatic rings. The van der Waals surface area contributed by atoms with Gasteiger partial charge in [0.25, 0.3) is 5.91 Å². The van der Waals surface area contributed by atoms with Crippen LogP contribution in [0.4, 0.5) is 5.69 Å². The standard InChI is InChI=1S/C31H35N3O2/c35-30(32-18-9-19-33-20-16-25(17-21-33)22-24-10-3-1-4-11-24)29-23-27-14-7-8-15-28(27)34(29)31(36)26-12-5-2-6-13-26/h1-8,10-15,25,29H,9,16-23H2,(H,32,35)/t29-/m0/s1. The van der Waals surface area contributed by atoms with Crippen LogP contribution in [-0.4, -0.2) is 48.9 Å². The second kappa shape index (κ2) is 11.5. The summed E-state index contributed by atoms with van der Waals surface area (Å²) in [7, 11) is 0. The van der Waals surface area contributed by atoms with Crippen LogP contribution in [0.25, 0.3) is 0 Å². The van der Waals surface area contributed by atoms with Gasteiger partial charge in [-0.1, -0.05) is 66.7 Å². The van der Waals surface area contributed by atoms with E-state index in [1.807, 2.05) is 42.5 Å². The Balaban J connectivity index is 1.10. The zero-order valence-corrected chi connectivity index (χ0v) is 20.8. The number of nitrogens with zero attached hydrogens (tertiary/aromatic N) is 2. The molecule has 2 heterocycles. The van der Waals surface area contributed by atoms with Gasteiger partial charge >= 0.3 is 0 Å². The van der Waals surface area contributed by atoms with E-state index < -0.39 is 6.04 Å². The number of hydrogen-bond donors (Lipinski definition) is 1. The quantitative estimate of drug-likeness (QED) is 0.474. The summed E-state index contributed by atoms with van der Waals surface area (Å²) in [6.45, 7) is 3.88. The van der Waals surface area contributed by atoms with E-state index in [4.69, 9.17) is 0 Å². The van der Waals surface area contributed by atoms with E-state index >= 15 is 0 Å². The zero-order valence-electron chi connectivity index (χ0n) is 20.8. The Labute approximate surface area is 214 Å². The molecule has 5 nitrogen and oxygen atoms in total. The Morgan fingerprint density at radius 3 is 2.25 bits per heavy atom. The molecule has 2 amide bonds. The number of amides is 2. The minimum absolute atomic E-state index is 0.0722. The van der Waals surface area contributed by atoms with Crippen LogP contribution < -0.4 is 10.2 Å². The maximum Gasteiger partial charge on any atom is 0.259 e. The Kier molecular flexibility index (Phi) is 7.77. The van der Waals surface area contributed by atoms with Crippen molar-refractivity contribution in [3.8, 4) is 0 Å². The third kappa shape index (κ3) is 5.68. The minimum Gasteiger partial charge on any atom is -0.354 e. The van der Waals surface area contributed by atoms with Crippen LogP contribution >= 0.6 is 0 Å². The summed E-state index contributed by atoms with van der Waals surface area (Å²) in [5.74, 6) is 0.566. The summed E-state index contributed by atoms with van der Waals surface area (Å²) in [6.07, 6.45) is 5.11. The average molecular weight is 482 g/mol. The first-order valence-corrected chi connectivity index (χ1v) is 13.2. The molecule has 0 radical (unpaired) electrons. The first-order chi connectivity index (χ1) is 17.7. The topological polar surface area (TPSA) is 52.7 Å². The van der Waals surface area contributed by atoms with Crippen LogP contribution in [0.2, 0.25) is 0 Å². The number of carbonyl (C=O) groups is 2. The van der Waals surface area contributed by atoms with Crippen molar-refractivity contribution in [3.63, 3.8) is 0 Å². The summed E-state index contributed by atoms with van der Waals surface area (Å²) >= 11 is 0. The Hall–Kier alpha value is -3.44. The van der Waals surface area contributed by atoms with Gasteiger partial charge in [0.2, 0.25) is 5.91 Å². The molecule has 1 fully saturated rings. The van der Waals surface area contributed by atoms with Crippen molar-refractivity contribution in [1.82, 2.24) is 10.2 Å². The van der Waals surface area contributed by atoms with Gasteiger partial charge in [0, 0.05) is 24.2 Å². The molecule has 1 atom stereocenters. The fourth-order valence-corrected chi connectivity index (χ4v) is 5.56. The molecule has 186 valence electrons. The summed E-state index contributed by atoms with van der Waals surface area (Å²) in [5, 5.41) is 3.12. The van der Waals surface area contributed by atoms with E-state index in [0.29, 0.717) is 18.5 Å². The number of benzene rings is 3. The van der Waals surface area contributed by atoms with Gasteiger partial charge in [0.15, 0.2) is 0 Å². The molecule has 5 rings (SSSR count).